The fourth-order valence-electron chi connectivity index (χ4n) is 3.29. The van der Waals surface area contributed by atoms with Gasteiger partial charge in [0.05, 0.1) is 15.2 Å². The molecule has 1 aromatic heterocycles. The number of nitrogens with zero attached hydrogens (tertiary/aromatic N) is 3. The molecule has 0 bridgehead atoms. The number of methoxy groups -OCH3 is 1. The molecule has 0 radical (unpaired) electrons. The summed E-state index contributed by atoms with van der Waals surface area (Å²) < 4.78 is 4.72. The lowest BCUT2D eigenvalue weighted by Crippen LogP contribution is -2.55. The number of rotatable bonds is 4. The molecule has 0 spiro atoms. The summed E-state index contributed by atoms with van der Waals surface area (Å²) in [5.74, 6) is -0.432. The second kappa shape index (κ2) is 8.54. The molecular formula is C20H28N4O3SSi. The average molecular weight is 433 g/mol. The standard InChI is InChI=1S/C20H28N4O3SSi/c1-14-12-23(20-22-17(13-28-20)18(25)27-2)10-11-24(14)19(26)21-15-6-8-16(9-7-15)29(3,4)5/h6-9,13-14H,10-12H2,1-5H3,(H,21,26). The number of hydrogen-bond donors (Lipinski definition) is 1. The fraction of sp³-hybridized carbons (Fsp3) is 0.450. The molecule has 1 aromatic carbocycles. The van der Waals surface area contributed by atoms with Gasteiger partial charge < -0.3 is 19.9 Å². The molecular weight excluding hydrogens is 404 g/mol. The maximum absolute atomic E-state index is 12.8. The molecule has 1 fully saturated rings. The molecule has 7 nitrogen and oxygen atoms in total. The highest BCUT2D eigenvalue weighted by Gasteiger charge is 2.29. The number of ether oxygens (including phenoxy) is 1. The molecule has 3 rings (SSSR count). The Morgan fingerprint density at radius 3 is 2.48 bits per heavy atom. The van der Waals surface area contributed by atoms with Crippen molar-refractivity contribution in [3.8, 4) is 0 Å². The van der Waals surface area contributed by atoms with Gasteiger partial charge in [0.15, 0.2) is 10.8 Å². The molecule has 2 aromatic rings. The SMILES string of the molecule is COC(=O)c1csc(N2CCN(C(=O)Nc3ccc([Si](C)(C)C)cc3)C(C)C2)n1. The number of piperazine rings is 1. The van der Waals surface area contributed by atoms with Crippen molar-refractivity contribution in [2.24, 2.45) is 0 Å². The van der Waals surface area contributed by atoms with Crippen LogP contribution in [0.1, 0.15) is 17.4 Å². The Morgan fingerprint density at radius 1 is 1.21 bits per heavy atom. The molecule has 9 heteroatoms. The van der Waals surface area contributed by atoms with E-state index < -0.39 is 14.0 Å². The van der Waals surface area contributed by atoms with Gasteiger partial charge in [-0.2, -0.15) is 0 Å². The minimum Gasteiger partial charge on any atom is -0.464 e. The predicted octanol–water partition coefficient (Wildman–Crippen LogP) is 3.22. The molecule has 2 amide bonds. The van der Waals surface area contributed by atoms with Crippen LogP contribution in [0.5, 0.6) is 0 Å². The number of hydrogen-bond acceptors (Lipinski definition) is 6. The van der Waals surface area contributed by atoms with Crippen molar-refractivity contribution in [3.63, 3.8) is 0 Å². The van der Waals surface area contributed by atoms with Gasteiger partial charge in [-0.15, -0.1) is 11.3 Å². The fourth-order valence-corrected chi connectivity index (χ4v) is 5.29. The van der Waals surface area contributed by atoms with Crippen LogP contribution in [0, 0.1) is 0 Å². The van der Waals surface area contributed by atoms with E-state index in [1.54, 1.807) is 5.38 Å². The third kappa shape index (κ3) is 4.97. The van der Waals surface area contributed by atoms with E-state index in [9.17, 15) is 9.59 Å². The molecule has 29 heavy (non-hydrogen) atoms. The monoisotopic (exact) mass is 432 g/mol. The van der Waals surface area contributed by atoms with Crippen LogP contribution >= 0.6 is 11.3 Å². The van der Waals surface area contributed by atoms with E-state index in [4.69, 9.17) is 4.74 Å². The highest BCUT2D eigenvalue weighted by atomic mass is 32.1. The van der Waals surface area contributed by atoms with E-state index in [0.717, 1.165) is 10.8 Å². The lowest BCUT2D eigenvalue weighted by Gasteiger charge is -2.39. The summed E-state index contributed by atoms with van der Waals surface area (Å²) in [5.41, 5.74) is 1.14. The van der Waals surface area contributed by atoms with Crippen molar-refractivity contribution in [1.82, 2.24) is 9.88 Å². The van der Waals surface area contributed by atoms with Crippen LogP contribution in [-0.4, -0.2) is 62.7 Å². The van der Waals surface area contributed by atoms with Gasteiger partial charge in [0, 0.05) is 36.7 Å². The lowest BCUT2D eigenvalue weighted by atomic mass is 10.2. The number of urea groups is 1. The highest BCUT2D eigenvalue weighted by Crippen LogP contribution is 2.24. The number of benzene rings is 1. The number of thiazole rings is 1. The summed E-state index contributed by atoms with van der Waals surface area (Å²) in [5, 5.41) is 6.86. The van der Waals surface area contributed by atoms with E-state index in [1.807, 2.05) is 24.0 Å². The van der Waals surface area contributed by atoms with Crippen molar-refractivity contribution < 1.29 is 14.3 Å². The summed E-state index contributed by atoms with van der Waals surface area (Å²) in [6, 6.07) is 8.13. The zero-order valence-corrected chi connectivity index (χ0v) is 19.4. The Bertz CT molecular complexity index is 879. The Balaban J connectivity index is 1.60. The van der Waals surface area contributed by atoms with Gasteiger partial charge in [0.1, 0.15) is 0 Å². The molecule has 1 aliphatic rings. The van der Waals surface area contributed by atoms with Crippen LogP contribution in [-0.2, 0) is 4.74 Å². The van der Waals surface area contributed by atoms with E-state index >= 15 is 0 Å². The van der Waals surface area contributed by atoms with Crippen LogP contribution in [0.15, 0.2) is 29.6 Å². The first-order valence-electron chi connectivity index (χ1n) is 9.66. The third-order valence-electron chi connectivity index (χ3n) is 5.05. The van der Waals surface area contributed by atoms with Gasteiger partial charge >= 0.3 is 12.0 Å². The topological polar surface area (TPSA) is 74.8 Å². The van der Waals surface area contributed by atoms with Crippen LogP contribution in [0.2, 0.25) is 19.6 Å². The Morgan fingerprint density at radius 2 is 1.90 bits per heavy atom. The third-order valence-corrected chi connectivity index (χ3v) is 8.01. The summed E-state index contributed by atoms with van der Waals surface area (Å²) in [7, 11) is -0.00324. The molecule has 1 aliphatic heterocycles. The van der Waals surface area contributed by atoms with Crippen molar-refractivity contribution in [2.75, 3.05) is 37.0 Å². The number of anilines is 2. The second-order valence-electron chi connectivity index (χ2n) is 8.25. The molecule has 1 unspecified atom stereocenters. The number of carbonyl (C=O) groups excluding carboxylic acids is 2. The van der Waals surface area contributed by atoms with Crippen molar-refractivity contribution >= 4 is 47.4 Å². The summed E-state index contributed by atoms with van der Waals surface area (Å²) >= 11 is 1.42. The maximum atomic E-state index is 12.8. The van der Waals surface area contributed by atoms with Gasteiger partial charge in [-0.1, -0.05) is 37.0 Å². The predicted molar refractivity (Wildman–Crippen MR) is 120 cm³/mol. The Kier molecular flexibility index (Phi) is 6.28. The molecule has 156 valence electrons. The van der Waals surface area contributed by atoms with Gasteiger partial charge in [-0.25, -0.2) is 14.6 Å². The molecule has 1 saturated heterocycles. The van der Waals surface area contributed by atoms with Crippen molar-refractivity contribution in [1.29, 1.82) is 0 Å². The second-order valence-corrected chi connectivity index (χ2v) is 14.2. The first-order chi connectivity index (χ1) is 13.7. The Labute approximate surface area is 176 Å². The molecule has 1 N–H and O–H groups in total. The number of aromatic nitrogens is 1. The van der Waals surface area contributed by atoms with Crippen LogP contribution in [0.4, 0.5) is 15.6 Å². The van der Waals surface area contributed by atoms with Crippen molar-refractivity contribution in [3.05, 3.63) is 35.3 Å². The van der Waals surface area contributed by atoms with Gasteiger partial charge in [-0.05, 0) is 19.1 Å². The van der Waals surface area contributed by atoms with E-state index in [2.05, 4.69) is 47.0 Å². The lowest BCUT2D eigenvalue weighted by molar-refractivity contribution is 0.0595. The first kappa shape index (κ1) is 21.3. The zero-order chi connectivity index (χ0) is 21.2. The highest BCUT2D eigenvalue weighted by molar-refractivity contribution is 7.13. The molecule has 0 saturated carbocycles. The minimum atomic E-state index is -1.35. The number of amides is 2. The molecule has 1 atom stereocenters. The van der Waals surface area contributed by atoms with Gasteiger partial charge in [0.2, 0.25) is 0 Å². The molecule has 0 aliphatic carbocycles. The van der Waals surface area contributed by atoms with Gasteiger partial charge in [-0.3, -0.25) is 0 Å². The number of nitrogens with one attached hydrogen (secondary N) is 1. The van der Waals surface area contributed by atoms with Gasteiger partial charge in [0.25, 0.3) is 0 Å². The van der Waals surface area contributed by atoms with Crippen LogP contribution in [0.25, 0.3) is 0 Å². The molecule has 2 heterocycles. The summed E-state index contributed by atoms with van der Waals surface area (Å²) in [6.45, 7) is 10.9. The van der Waals surface area contributed by atoms with E-state index in [-0.39, 0.29) is 12.1 Å². The van der Waals surface area contributed by atoms with E-state index in [1.165, 1.54) is 23.6 Å². The number of carbonyl (C=O) groups is 2. The van der Waals surface area contributed by atoms with Crippen LogP contribution < -0.4 is 15.4 Å². The zero-order valence-electron chi connectivity index (χ0n) is 17.6. The normalized spacial score (nSPS) is 17.2. The largest absolute Gasteiger partial charge is 0.464 e. The first-order valence-corrected chi connectivity index (χ1v) is 14.0. The summed E-state index contributed by atoms with van der Waals surface area (Å²) in [4.78, 5) is 32.7. The van der Waals surface area contributed by atoms with E-state index in [0.29, 0.717) is 25.3 Å². The van der Waals surface area contributed by atoms with Crippen LogP contribution in [0.3, 0.4) is 0 Å². The minimum absolute atomic E-state index is 0.0236. The van der Waals surface area contributed by atoms with Crippen molar-refractivity contribution in [2.45, 2.75) is 32.6 Å². The summed E-state index contributed by atoms with van der Waals surface area (Å²) in [6.07, 6.45) is 0. The Hall–Kier alpha value is -2.39. The maximum Gasteiger partial charge on any atom is 0.357 e. The smallest absolute Gasteiger partial charge is 0.357 e. The number of esters is 1. The average Bonchev–Trinajstić information content (AvgIpc) is 3.17. The quantitative estimate of drug-likeness (QED) is 0.593.